The molecule has 2 aliphatic rings. The van der Waals surface area contributed by atoms with Gasteiger partial charge in [-0.25, -0.2) is 9.18 Å². The second-order valence-electron chi connectivity index (χ2n) is 6.69. The van der Waals surface area contributed by atoms with E-state index in [1.54, 1.807) is 4.90 Å². The zero-order chi connectivity index (χ0) is 17.9. The van der Waals surface area contributed by atoms with Crippen LogP contribution in [-0.4, -0.2) is 35.8 Å². The summed E-state index contributed by atoms with van der Waals surface area (Å²) in [5.41, 5.74) is 10.8. The van der Waals surface area contributed by atoms with Crippen molar-refractivity contribution < 1.29 is 9.13 Å². The highest BCUT2D eigenvalue weighted by molar-refractivity contribution is 5.99. The average Bonchev–Trinajstić information content (AvgIpc) is 3.30. The Morgan fingerprint density at radius 2 is 2.00 bits per heavy atom. The Bertz CT molecular complexity index is 979. The number of ether oxygens (including phenoxy) is 1. The number of nitrogens with one attached hydrogen (secondary N) is 1. The van der Waals surface area contributed by atoms with Gasteiger partial charge in [-0.15, -0.1) is 0 Å². The lowest BCUT2D eigenvalue weighted by Gasteiger charge is -2.25. The van der Waals surface area contributed by atoms with Gasteiger partial charge in [0.1, 0.15) is 11.2 Å². The highest BCUT2D eigenvalue weighted by Gasteiger charge is 2.34. The minimum Gasteiger partial charge on any atom is -0.492 e. The van der Waals surface area contributed by atoms with Crippen LogP contribution in [0.15, 0.2) is 9.59 Å². The van der Waals surface area contributed by atoms with Gasteiger partial charge in [0, 0.05) is 25.2 Å². The van der Waals surface area contributed by atoms with Crippen molar-refractivity contribution in [2.75, 3.05) is 30.8 Å². The molecule has 1 unspecified atom stereocenters. The molecule has 1 atom stereocenters. The lowest BCUT2D eigenvalue weighted by atomic mass is 10.1. The Morgan fingerprint density at radius 1 is 1.28 bits per heavy atom. The quantitative estimate of drug-likeness (QED) is 0.685. The number of aromatic amines is 1. The summed E-state index contributed by atoms with van der Waals surface area (Å²) in [6.07, 6.45) is 2.34. The van der Waals surface area contributed by atoms with Crippen LogP contribution in [0.3, 0.4) is 0 Å². The van der Waals surface area contributed by atoms with Gasteiger partial charge in [-0.05, 0) is 19.3 Å². The van der Waals surface area contributed by atoms with Gasteiger partial charge in [0.25, 0.3) is 5.56 Å². The van der Waals surface area contributed by atoms with Crippen LogP contribution in [0.4, 0.5) is 15.8 Å². The summed E-state index contributed by atoms with van der Waals surface area (Å²) in [6, 6.07) is -0.120. The fourth-order valence-electron chi connectivity index (χ4n) is 3.62. The van der Waals surface area contributed by atoms with Crippen molar-refractivity contribution in [3.8, 4) is 5.75 Å². The molecule has 1 aromatic heterocycles. The highest BCUT2D eigenvalue weighted by atomic mass is 19.1. The Balaban J connectivity index is 2.14. The summed E-state index contributed by atoms with van der Waals surface area (Å²) in [6.45, 7) is 1.01. The van der Waals surface area contributed by atoms with Crippen LogP contribution in [0.5, 0.6) is 5.75 Å². The van der Waals surface area contributed by atoms with Crippen LogP contribution >= 0.6 is 0 Å². The molecule has 8 nitrogen and oxygen atoms in total. The molecular weight excluding hydrogens is 329 g/mol. The third kappa shape index (κ3) is 2.30. The molecule has 1 aliphatic heterocycles. The number of methoxy groups -OCH3 is 1. The van der Waals surface area contributed by atoms with Gasteiger partial charge in [0.15, 0.2) is 11.6 Å². The molecule has 0 spiro atoms. The summed E-state index contributed by atoms with van der Waals surface area (Å²) in [7, 11) is 1.40. The van der Waals surface area contributed by atoms with E-state index in [1.807, 2.05) is 0 Å². The molecule has 1 saturated heterocycles. The van der Waals surface area contributed by atoms with Gasteiger partial charge in [-0.2, -0.15) is 0 Å². The third-order valence-corrected chi connectivity index (χ3v) is 4.94. The fraction of sp³-hybridized carbons (Fsp3) is 0.500. The Morgan fingerprint density at radius 3 is 2.56 bits per heavy atom. The van der Waals surface area contributed by atoms with Crippen molar-refractivity contribution in [2.45, 2.75) is 31.3 Å². The number of halogens is 1. The number of nitrogens with zero attached hydrogens (tertiary/aromatic N) is 2. The number of H-pyrrole nitrogens is 1. The third-order valence-electron chi connectivity index (χ3n) is 4.94. The maximum Gasteiger partial charge on any atom is 0.329 e. The number of fused-ring (bicyclic) bond motifs is 1. The summed E-state index contributed by atoms with van der Waals surface area (Å²) >= 11 is 0. The molecule has 0 bridgehead atoms. The zero-order valence-corrected chi connectivity index (χ0v) is 13.8. The van der Waals surface area contributed by atoms with Crippen molar-refractivity contribution in [3.63, 3.8) is 0 Å². The fourth-order valence-corrected chi connectivity index (χ4v) is 3.62. The molecular formula is C16H20FN5O3. The average molecular weight is 349 g/mol. The summed E-state index contributed by atoms with van der Waals surface area (Å²) in [5, 5.41) is -0.0481. The number of rotatable bonds is 3. The molecule has 2 aromatic rings. The molecule has 25 heavy (non-hydrogen) atoms. The van der Waals surface area contributed by atoms with Crippen molar-refractivity contribution >= 4 is 22.3 Å². The number of nitrogens with two attached hydrogens (primary N) is 2. The lowest BCUT2D eigenvalue weighted by Crippen LogP contribution is -2.32. The maximum absolute atomic E-state index is 15.1. The zero-order valence-electron chi connectivity index (χ0n) is 13.8. The van der Waals surface area contributed by atoms with Gasteiger partial charge in [-0.1, -0.05) is 0 Å². The maximum atomic E-state index is 15.1. The number of anilines is 2. The smallest absolute Gasteiger partial charge is 0.329 e. The van der Waals surface area contributed by atoms with E-state index in [1.165, 1.54) is 11.7 Å². The van der Waals surface area contributed by atoms with E-state index < -0.39 is 17.1 Å². The van der Waals surface area contributed by atoms with Gasteiger partial charge < -0.3 is 21.1 Å². The van der Waals surface area contributed by atoms with Crippen LogP contribution in [0, 0.1) is 5.82 Å². The highest BCUT2D eigenvalue weighted by Crippen LogP contribution is 2.45. The molecule has 2 fully saturated rings. The minimum absolute atomic E-state index is 0.0423. The van der Waals surface area contributed by atoms with Crippen molar-refractivity contribution in [1.82, 2.24) is 9.55 Å². The van der Waals surface area contributed by atoms with E-state index in [0.29, 0.717) is 19.5 Å². The molecule has 9 heteroatoms. The predicted octanol–water partition coefficient (Wildman–Crippen LogP) is 0.292. The van der Waals surface area contributed by atoms with Crippen LogP contribution in [0.25, 0.3) is 10.9 Å². The Kier molecular flexibility index (Phi) is 3.50. The first kappa shape index (κ1) is 15.9. The van der Waals surface area contributed by atoms with Crippen LogP contribution in [0.1, 0.15) is 25.3 Å². The normalized spacial score (nSPS) is 20.4. The van der Waals surface area contributed by atoms with Crippen LogP contribution in [0.2, 0.25) is 0 Å². The number of aromatic nitrogens is 2. The molecule has 1 saturated carbocycles. The lowest BCUT2D eigenvalue weighted by molar-refractivity contribution is 0.413. The second kappa shape index (κ2) is 5.48. The van der Waals surface area contributed by atoms with Gasteiger partial charge >= 0.3 is 5.69 Å². The van der Waals surface area contributed by atoms with Crippen LogP contribution in [-0.2, 0) is 0 Å². The van der Waals surface area contributed by atoms with Gasteiger partial charge in [0.05, 0.1) is 18.2 Å². The first-order chi connectivity index (χ1) is 11.9. The Labute approximate surface area is 142 Å². The molecule has 0 amide bonds. The van der Waals surface area contributed by atoms with E-state index in [0.717, 1.165) is 12.8 Å². The van der Waals surface area contributed by atoms with Crippen molar-refractivity contribution in [2.24, 2.45) is 5.73 Å². The topological polar surface area (TPSA) is 119 Å². The largest absolute Gasteiger partial charge is 0.492 e. The molecule has 1 aliphatic carbocycles. The standard InChI is InChI=1S/C16H20FN5O3/c1-25-14-12-9(15(23)20-16(24)22(12)8-2-3-8)11(19)10(17)13(14)21-5-4-7(18)6-21/h7-8H,2-6,18-19H2,1H3,(H,20,23,24). The Hall–Kier alpha value is -2.55. The second-order valence-corrected chi connectivity index (χ2v) is 6.69. The summed E-state index contributed by atoms with van der Waals surface area (Å²) < 4.78 is 22.0. The molecule has 4 rings (SSSR count). The molecule has 5 N–H and O–H groups in total. The molecule has 1 aromatic carbocycles. The number of benzene rings is 1. The molecule has 2 heterocycles. The van der Waals surface area contributed by atoms with Gasteiger partial charge in [-0.3, -0.25) is 14.3 Å². The van der Waals surface area contributed by atoms with Gasteiger partial charge in [0.2, 0.25) is 0 Å². The van der Waals surface area contributed by atoms with Crippen LogP contribution < -0.4 is 32.4 Å². The van der Waals surface area contributed by atoms with E-state index in [2.05, 4.69) is 4.98 Å². The van der Waals surface area contributed by atoms with E-state index >= 15 is 4.39 Å². The van der Waals surface area contributed by atoms with Crippen molar-refractivity contribution in [1.29, 1.82) is 0 Å². The summed E-state index contributed by atoms with van der Waals surface area (Å²) in [5.74, 6) is -0.559. The summed E-state index contributed by atoms with van der Waals surface area (Å²) in [4.78, 5) is 28.7. The monoisotopic (exact) mass is 349 g/mol. The first-order valence-corrected chi connectivity index (χ1v) is 8.28. The number of hydrogen-bond acceptors (Lipinski definition) is 6. The molecule has 0 radical (unpaired) electrons. The molecule has 134 valence electrons. The number of nitrogen functional groups attached to an aromatic ring is 1. The number of hydrogen-bond donors (Lipinski definition) is 3. The van der Waals surface area contributed by atoms with E-state index in [9.17, 15) is 9.59 Å². The minimum atomic E-state index is -0.718. The predicted molar refractivity (Wildman–Crippen MR) is 92.8 cm³/mol. The van der Waals surface area contributed by atoms with Crippen molar-refractivity contribution in [3.05, 3.63) is 26.7 Å². The first-order valence-electron chi connectivity index (χ1n) is 8.28. The van der Waals surface area contributed by atoms with E-state index in [-0.39, 0.29) is 40.1 Å². The van der Waals surface area contributed by atoms with E-state index in [4.69, 9.17) is 16.2 Å². The SMILES string of the molecule is COc1c(N2CCC(N)C2)c(F)c(N)c2c(=O)[nH]c(=O)n(C3CC3)c12.